The summed E-state index contributed by atoms with van der Waals surface area (Å²) in [6, 6.07) is 23.2. The Kier molecular flexibility index (Phi) is 8.23. The van der Waals surface area contributed by atoms with Crippen LogP contribution in [0, 0.1) is 5.41 Å². The van der Waals surface area contributed by atoms with Crippen molar-refractivity contribution in [3.05, 3.63) is 94.9 Å². The first kappa shape index (κ1) is 27.7. The Bertz CT molecular complexity index is 1740. The van der Waals surface area contributed by atoms with Gasteiger partial charge in [-0.25, -0.2) is 4.98 Å². The molecule has 1 aromatic heterocycles. The summed E-state index contributed by atoms with van der Waals surface area (Å²) < 4.78 is 0. The highest BCUT2D eigenvalue weighted by molar-refractivity contribution is 8.93. The van der Waals surface area contributed by atoms with Gasteiger partial charge in [-0.15, -0.1) is 34.0 Å². The van der Waals surface area contributed by atoms with E-state index in [1.54, 1.807) is 12.1 Å². The number of hydrogen-bond acceptors (Lipinski definition) is 3. The van der Waals surface area contributed by atoms with Crippen molar-refractivity contribution in [1.29, 1.82) is 5.41 Å². The van der Waals surface area contributed by atoms with Crippen LogP contribution in [-0.4, -0.2) is 15.6 Å². The van der Waals surface area contributed by atoms with Crippen molar-refractivity contribution >= 4 is 72.8 Å². The third-order valence-corrected chi connectivity index (χ3v) is 6.42. The molecule has 0 saturated carbocycles. The van der Waals surface area contributed by atoms with Crippen LogP contribution in [-0.2, 0) is 6.42 Å². The van der Waals surface area contributed by atoms with E-state index in [0.29, 0.717) is 28.7 Å². The summed E-state index contributed by atoms with van der Waals surface area (Å²) in [7, 11) is 0. The molecule has 0 spiro atoms. The molecular weight excluding hydrogens is 594 g/mol. The topological polar surface area (TPSA) is 154 Å². The molecule has 0 amide bonds. The second-order valence-electron chi connectivity index (χ2n) is 8.48. The number of rotatable bonds is 4. The Hall–Kier alpha value is -3.91. The van der Waals surface area contributed by atoms with Crippen molar-refractivity contribution < 1.29 is 4.79 Å². The number of aryl methyl sites for hydroxylation is 1. The molecule has 9 heteroatoms. The number of amidine groups is 1. The molecular formula is C28H27Br2N7. The number of nitrogens with two attached hydrogens (primary N) is 3. The van der Waals surface area contributed by atoms with E-state index in [9.17, 15) is 5.53 Å². The third-order valence-electron chi connectivity index (χ3n) is 6.42. The number of aromatic amines is 1. The van der Waals surface area contributed by atoms with Crippen LogP contribution in [0.5, 0.6) is 0 Å². The number of H-pyrrole nitrogens is 1. The van der Waals surface area contributed by atoms with Gasteiger partial charge in [0.25, 0.3) is 0 Å². The molecule has 7 nitrogen and oxygen atoms in total. The summed E-state index contributed by atoms with van der Waals surface area (Å²) in [4.78, 5) is 6.77. The zero-order valence-corrected chi connectivity index (χ0v) is 23.5. The van der Waals surface area contributed by atoms with Crippen LogP contribution >= 0.6 is 34.0 Å². The first-order valence-electron chi connectivity index (χ1n) is 11.3. The van der Waals surface area contributed by atoms with Gasteiger partial charge in [-0.1, -0.05) is 55.5 Å². The fraction of sp³-hybridized carbons (Fsp3) is 0.0714. The van der Waals surface area contributed by atoms with Gasteiger partial charge in [0.05, 0.1) is 5.69 Å². The molecule has 0 radical (unpaired) electrons. The number of benzene rings is 4. The minimum atomic E-state index is -0.0240. The maximum absolute atomic E-state index is 9.97. The van der Waals surface area contributed by atoms with E-state index in [1.165, 1.54) is 0 Å². The lowest BCUT2D eigenvalue weighted by molar-refractivity contribution is -0.0688. The first-order chi connectivity index (χ1) is 16.9. The molecule has 5 aromatic rings. The Labute approximate surface area is 235 Å². The van der Waals surface area contributed by atoms with Crippen molar-refractivity contribution in [2.24, 2.45) is 5.73 Å². The van der Waals surface area contributed by atoms with Crippen LogP contribution in [0.4, 0.5) is 11.4 Å². The average Bonchev–Trinajstić information content (AvgIpc) is 2.88. The molecule has 1 heterocycles. The number of nitrogen functional groups attached to an aromatic ring is 3. The smallest absolute Gasteiger partial charge is 0.367 e. The highest BCUT2D eigenvalue weighted by Gasteiger charge is 2.25. The van der Waals surface area contributed by atoms with Crippen molar-refractivity contribution in [2.75, 3.05) is 11.5 Å². The van der Waals surface area contributed by atoms with Gasteiger partial charge in [0.15, 0.2) is 0 Å². The van der Waals surface area contributed by atoms with Gasteiger partial charge < -0.3 is 27.5 Å². The van der Waals surface area contributed by atoms with E-state index in [2.05, 4.69) is 28.8 Å². The van der Waals surface area contributed by atoms with Gasteiger partial charge in [0, 0.05) is 27.6 Å². The van der Waals surface area contributed by atoms with E-state index in [0.717, 1.165) is 44.1 Å². The number of halogens is 2. The zero-order chi connectivity index (χ0) is 24.7. The average molecular weight is 621 g/mol. The molecule has 0 aliphatic heterocycles. The summed E-state index contributed by atoms with van der Waals surface area (Å²) in [6.45, 7) is 2.10. The van der Waals surface area contributed by atoms with Gasteiger partial charge in [0.2, 0.25) is 0 Å². The normalized spacial score (nSPS) is 10.4. The van der Waals surface area contributed by atoms with Crippen LogP contribution < -0.4 is 22.7 Å². The van der Waals surface area contributed by atoms with Crippen LogP contribution in [0.1, 0.15) is 18.1 Å². The van der Waals surface area contributed by atoms with Gasteiger partial charge in [-0.2, -0.15) is 0 Å². The van der Waals surface area contributed by atoms with Crippen LogP contribution in [0.3, 0.4) is 0 Å². The Morgan fingerprint density at radius 1 is 0.892 bits per heavy atom. The molecule has 37 heavy (non-hydrogen) atoms. The molecule has 0 atom stereocenters. The number of aromatic nitrogens is 1. The summed E-state index contributed by atoms with van der Waals surface area (Å²) in [6.07, 6.45) is 0.694. The largest absolute Gasteiger partial charge is 0.497 e. The van der Waals surface area contributed by atoms with E-state index >= 15 is 0 Å². The lowest BCUT2D eigenvalue weighted by atomic mass is 9.83. The summed E-state index contributed by atoms with van der Waals surface area (Å²) in [5, 5.41) is 10.3. The molecule has 0 fully saturated rings. The molecule has 0 unspecified atom stereocenters. The van der Waals surface area contributed by atoms with E-state index in [-0.39, 0.29) is 45.3 Å². The molecule has 8 N–H and O–H groups in total. The molecule has 5 rings (SSSR count). The summed E-state index contributed by atoms with van der Waals surface area (Å²) >= 11 is 0. The molecule has 0 saturated heterocycles. The van der Waals surface area contributed by atoms with E-state index < -0.39 is 0 Å². The fourth-order valence-electron chi connectivity index (χ4n) is 4.93. The standard InChI is InChI=1S/C28H25N7.2BrH/c1-2-19-22(15-7-4-3-5-8-15)23(16-9-6-10-17(13-16)27(31)32)26(30)25-24(19)20-14-18(29)11-12-21(20)34-28(25)35-33;;/h3-14,34H,2,29-30H2,1H3,(H3,31,32);2*1H. The third kappa shape index (κ3) is 4.64. The predicted molar refractivity (Wildman–Crippen MR) is 163 cm³/mol. The minimum absolute atomic E-state index is 0. The van der Waals surface area contributed by atoms with Crippen LogP contribution in [0.2, 0.25) is 0 Å². The lowest BCUT2D eigenvalue weighted by Gasteiger charge is -2.21. The number of hydrogen-bond donors (Lipinski definition) is 5. The van der Waals surface area contributed by atoms with E-state index in [1.807, 2.05) is 48.5 Å². The SMILES string of the molecule is Br.Br.CCc1c(-c2ccccc2)c(-c2cccc(C(=N)N)c2)c(N)c2c(=[N+]=[N-])[nH]c3ccc(N)cc3c12. The van der Waals surface area contributed by atoms with Crippen molar-refractivity contribution in [1.82, 2.24) is 4.98 Å². The maximum Gasteiger partial charge on any atom is 0.367 e. The van der Waals surface area contributed by atoms with Crippen LogP contribution in [0.25, 0.3) is 49.5 Å². The molecule has 4 aromatic carbocycles. The second kappa shape index (κ2) is 11.0. The molecule has 188 valence electrons. The van der Waals surface area contributed by atoms with Crippen molar-refractivity contribution in [3.63, 3.8) is 0 Å². The number of nitrogens with zero attached hydrogens (tertiary/aromatic N) is 2. The van der Waals surface area contributed by atoms with Gasteiger partial charge in [-0.05, 0) is 52.9 Å². The first-order valence-corrected chi connectivity index (χ1v) is 11.3. The highest BCUT2D eigenvalue weighted by Crippen LogP contribution is 2.45. The predicted octanol–water partition coefficient (Wildman–Crippen LogP) is 5.95. The highest BCUT2D eigenvalue weighted by atomic mass is 79.9. The fourth-order valence-corrected chi connectivity index (χ4v) is 4.93. The van der Waals surface area contributed by atoms with Gasteiger partial charge in [-0.3, -0.25) is 5.41 Å². The lowest BCUT2D eigenvalue weighted by Crippen LogP contribution is -2.15. The zero-order valence-electron chi connectivity index (χ0n) is 20.1. The maximum atomic E-state index is 9.97. The quantitative estimate of drug-likeness (QED) is 0.0421. The minimum Gasteiger partial charge on any atom is -0.497 e. The number of fused-ring (bicyclic) bond motifs is 3. The van der Waals surface area contributed by atoms with Crippen molar-refractivity contribution in [2.45, 2.75) is 13.3 Å². The van der Waals surface area contributed by atoms with E-state index in [4.69, 9.17) is 22.6 Å². The number of pyridine rings is 1. The summed E-state index contributed by atoms with van der Waals surface area (Å²) in [5.41, 5.74) is 36.3. The van der Waals surface area contributed by atoms with Crippen molar-refractivity contribution in [3.8, 4) is 22.3 Å². The molecule has 0 aliphatic carbocycles. The number of anilines is 2. The van der Waals surface area contributed by atoms with Gasteiger partial charge >= 0.3 is 5.49 Å². The monoisotopic (exact) mass is 619 g/mol. The van der Waals surface area contributed by atoms with Gasteiger partial charge in [0.1, 0.15) is 16.7 Å². The Morgan fingerprint density at radius 3 is 2.24 bits per heavy atom. The Morgan fingerprint density at radius 2 is 1.59 bits per heavy atom. The van der Waals surface area contributed by atoms with Crippen LogP contribution in [0.15, 0.2) is 72.8 Å². The summed E-state index contributed by atoms with van der Waals surface area (Å²) in [5.74, 6) is -0.0240. The Balaban J connectivity index is 0.00000190. The number of nitrogens with one attached hydrogen (secondary N) is 2. The molecule has 0 aliphatic rings. The second-order valence-corrected chi connectivity index (χ2v) is 8.48. The molecule has 0 bridgehead atoms.